The van der Waals surface area contributed by atoms with Crippen LogP contribution >= 0.6 is 0 Å². The molecule has 5 heteroatoms. The highest BCUT2D eigenvalue weighted by atomic mass is 16.5. The first-order valence-corrected chi connectivity index (χ1v) is 12.8. The lowest BCUT2D eigenvalue weighted by molar-refractivity contribution is -0.0619. The first-order chi connectivity index (χ1) is 15.9. The van der Waals surface area contributed by atoms with E-state index in [1.54, 1.807) is 14.2 Å². The van der Waals surface area contributed by atoms with E-state index in [4.69, 9.17) is 18.9 Å². The zero-order valence-corrected chi connectivity index (χ0v) is 22.2. The summed E-state index contributed by atoms with van der Waals surface area (Å²) in [4.78, 5) is 0. The summed E-state index contributed by atoms with van der Waals surface area (Å²) in [5.74, 6) is 0.562. The monoisotopic (exact) mass is 466 g/mol. The molecule has 1 aromatic carbocycles. The summed E-state index contributed by atoms with van der Waals surface area (Å²) in [7, 11) is 3.51. The normalized spacial score (nSPS) is 18.3. The van der Waals surface area contributed by atoms with Crippen molar-refractivity contribution in [3.05, 3.63) is 35.9 Å². The fourth-order valence-electron chi connectivity index (χ4n) is 4.56. The van der Waals surface area contributed by atoms with Crippen LogP contribution in [0.25, 0.3) is 0 Å². The van der Waals surface area contributed by atoms with Crippen LogP contribution in [0.2, 0.25) is 0 Å². The Bertz CT molecular complexity index is 581. The van der Waals surface area contributed by atoms with Gasteiger partial charge in [0.05, 0.1) is 37.6 Å². The largest absolute Gasteiger partial charge is 0.393 e. The maximum Gasteiger partial charge on any atom is 0.0717 e. The van der Waals surface area contributed by atoms with Crippen molar-refractivity contribution in [2.24, 2.45) is 17.8 Å². The van der Waals surface area contributed by atoms with E-state index in [9.17, 15) is 5.11 Å². The van der Waals surface area contributed by atoms with E-state index in [-0.39, 0.29) is 30.1 Å². The van der Waals surface area contributed by atoms with E-state index >= 15 is 0 Å². The number of ether oxygens (including phenoxy) is 4. The van der Waals surface area contributed by atoms with Gasteiger partial charge in [-0.1, -0.05) is 65.0 Å². The van der Waals surface area contributed by atoms with E-state index in [2.05, 4.69) is 46.8 Å². The molecule has 33 heavy (non-hydrogen) atoms. The molecule has 0 unspecified atom stereocenters. The summed E-state index contributed by atoms with van der Waals surface area (Å²) in [6, 6.07) is 10.2. The Morgan fingerprint density at radius 3 is 2.18 bits per heavy atom. The van der Waals surface area contributed by atoms with Gasteiger partial charge in [0.15, 0.2) is 0 Å². The number of rotatable bonds is 19. The Kier molecular flexibility index (Phi) is 15.9. The molecule has 0 radical (unpaired) electrons. The van der Waals surface area contributed by atoms with Crippen LogP contribution in [0.1, 0.15) is 72.3 Å². The minimum Gasteiger partial charge on any atom is -0.393 e. The third-order valence-corrected chi connectivity index (χ3v) is 6.81. The van der Waals surface area contributed by atoms with Gasteiger partial charge in [0.1, 0.15) is 0 Å². The summed E-state index contributed by atoms with van der Waals surface area (Å²) in [5, 5.41) is 10.9. The van der Waals surface area contributed by atoms with Crippen LogP contribution in [0, 0.1) is 17.8 Å². The van der Waals surface area contributed by atoms with Gasteiger partial charge in [-0.05, 0) is 43.6 Å². The first kappa shape index (κ1) is 30.1. The van der Waals surface area contributed by atoms with E-state index in [1.165, 1.54) is 5.56 Å². The Morgan fingerprint density at radius 2 is 1.61 bits per heavy atom. The maximum atomic E-state index is 10.9. The van der Waals surface area contributed by atoms with Crippen LogP contribution in [0.5, 0.6) is 0 Å². The zero-order valence-electron chi connectivity index (χ0n) is 22.2. The molecule has 0 aliphatic carbocycles. The molecule has 0 aliphatic heterocycles. The second-order valence-corrected chi connectivity index (χ2v) is 9.57. The lowest BCUT2D eigenvalue weighted by Crippen LogP contribution is -2.38. The molecule has 192 valence electrons. The van der Waals surface area contributed by atoms with Crippen LogP contribution in [0.3, 0.4) is 0 Å². The molecule has 1 N–H and O–H groups in total. The molecule has 0 spiro atoms. The number of aliphatic hydroxyl groups is 1. The molecular weight excluding hydrogens is 416 g/mol. The van der Waals surface area contributed by atoms with Gasteiger partial charge in [-0.15, -0.1) is 0 Å². The molecule has 0 amide bonds. The van der Waals surface area contributed by atoms with Gasteiger partial charge in [0, 0.05) is 32.7 Å². The zero-order chi connectivity index (χ0) is 24.6. The van der Waals surface area contributed by atoms with Crippen molar-refractivity contribution < 1.29 is 24.1 Å². The molecule has 0 saturated carbocycles. The molecule has 0 saturated heterocycles. The predicted molar refractivity (Wildman–Crippen MR) is 135 cm³/mol. The van der Waals surface area contributed by atoms with Crippen molar-refractivity contribution in [2.75, 3.05) is 27.4 Å². The van der Waals surface area contributed by atoms with Crippen molar-refractivity contribution in [3.63, 3.8) is 0 Å². The summed E-state index contributed by atoms with van der Waals surface area (Å²) >= 11 is 0. The topological polar surface area (TPSA) is 57.2 Å². The number of aliphatic hydroxyl groups excluding tert-OH is 1. The minimum absolute atomic E-state index is 0.0230. The van der Waals surface area contributed by atoms with Gasteiger partial charge in [0.2, 0.25) is 0 Å². The van der Waals surface area contributed by atoms with Crippen LogP contribution in [-0.4, -0.2) is 57.0 Å². The van der Waals surface area contributed by atoms with Gasteiger partial charge in [0.25, 0.3) is 0 Å². The lowest BCUT2D eigenvalue weighted by atomic mass is 9.85. The van der Waals surface area contributed by atoms with Crippen LogP contribution in [-0.2, 0) is 25.6 Å². The summed E-state index contributed by atoms with van der Waals surface area (Å²) < 4.78 is 23.5. The quantitative estimate of drug-likeness (QED) is 0.276. The van der Waals surface area contributed by atoms with Crippen molar-refractivity contribution in [1.29, 1.82) is 0 Å². The lowest BCUT2D eigenvalue weighted by Gasteiger charge is -2.32. The Morgan fingerprint density at radius 1 is 0.909 bits per heavy atom. The average Bonchev–Trinajstić information content (AvgIpc) is 2.83. The van der Waals surface area contributed by atoms with Gasteiger partial charge >= 0.3 is 0 Å². The third kappa shape index (κ3) is 11.3. The fraction of sp³-hybridized carbons (Fsp3) is 0.786. The van der Waals surface area contributed by atoms with E-state index < -0.39 is 6.10 Å². The van der Waals surface area contributed by atoms with Crippen LogP contribution in [0.4, 0.5) is 0 Å². The second-order valence-electron chi connectivity index (χ2n) is 9.57. The highest BCUT2D eigenvalue weighted by Crippen LogP contribution is 2.26. The third-order valence-electron chi connectivity index (χ3n) is 6.81. The standard InChI is InChI=1S/C28H50O5/c1-8-17-33-25(9-2)18-27(30-6)21(3)15-16-26(29)23(5)28(31-7)22(4)19-32-20-24-13-11-10-12-14-24/h10-14,21-23,25-29H,8-9,15-20H2,1-7H3/t21-,22+,23-,25+,26+,27-,28+/m0/s1. The molecule has 0 bridgehead atoms. The number of hydrogen-bond donors (Lipinski definition) is 1. The minimum atomic E-state index is -0.426. The molecule has 0 aliphatic rings. The Hall–Kier alpha value is -0.980. The Balaban J connectivity index is 2.49. The van der Waals surface area contributed by atoms with E-state index in [0.717, 1.165) is 38.7 Å². The molecule has 0 aromatic heterocycles. The average molecular weight is 467 g/mol. The Labute approximate surface area is 203 Å². The van der Waals surface area contributed by atoms with E-state index in [1.807, 2.05) is 18.2 Å². The first-order valence-electron chi connectivity index (χ1n) is 12.8. The van der Waals surface area contributed by atoms with Crippen LogP contribution in [0.15, 0.2) is 30.3 Å². The molecule has 0 fully saturated rings. The SMILES string of the molecule is CCCO[C@H](CC)C[C@H](OC)[C@@H](C)CC[C@@H](O)[C@H](C)[C@H](OC)[C@H](C)COCc1ccccc1. The van der Waals surface area contributed by atoms with Gasteiger partial charge in [-0.3, -0.25) is 0 Å². The highest BCUT2D eigenvalue weighted by Gasteiger charge is 2.30. The summed E-state index contributed by atoms with van der Waals surface area (Å²) in [6.45, 7) is 12.7. The number of benzene rings is 1. The molecular formula is C28H50O5. The smallest absolute Gasteiger partial charge is 0.0717 e. The van der Waals surface area contributed by atoms with Crippen molar-refractivity contribution in [3.8, 4) is 0 Å². The molecule has 1 rings (SSSR count). The summed E-state index contributed by atoms with van der Waals surface area (Å²) in [5.41, 5.74) is 1.17. The van der Waals surface area contributed by atoms with Gasteiger partial charge < -0.3 is 24.1 Å². The highest BCUT2D eigenvalue weighted by molar-refractivity contribution is 5.13. The van der Waals surface area contributed by atoms with Gasteiger partial charge in [-0.2, -0.15) is 0 Å². The van der Waals surface area contributed by atoms with Crippen LogP contribution < -0.4 is 0 Å². The van der Waals surface area contributed by atoms with Crippen molar-refractivity contribution >= 4 is 0 Å². The number of methoxy groups -OCH3 is 2. The molecule has 5 nitrogen and oxygen atoms in total. The number of hydrogen-bond acceptors (Lipinski definition) is 5. The fourth-order valence-corrected chi connectivity index (χ4v) is 4.56. The molecule has 7 atom stereocenters. The van der Waals surface area contributed by atoms with Crippen molar-refractivity contribution in [1.82, 2.24) is 0 Å². The van der Waals surface area contributed by atoms with Crippen molar-refractivity contribution in [2.45, 2.75) is 97.7 Å². The van der Waals surface area contributed by atoms with E-state index in [0.29, 0.717) is 19.1 Å². The van der Waals surface area contributed by atoms with Gasteiger partial charge in [-0.25, -0.2) is 0 Å². The maximum absolute atomic E-state index is 10.9. The second kappa shape index (κ2) is 17.5. The predicted octanol–water partition coefficient (Wildman–Crippen LogP) is 5.88. The molecule has 0 heterocycles. The summed E-state index contributed by atoms with van der Waals surface area (Å²) in [6.07, 6.45) is 4.44. The molecule has 1 aromatic rings.